The lowest BCUT2D eigenvalue weighted by Gasteiger charge is -2.26. The van der Waals surface area contributed by atoms with E-state index in [1.165, 1.54) is 7.11 Å². The Kier molecular flexibility index (Phi) is 6.12. The SMILES string of the molecule is CNC(CC(C)CC(C)(N)C(=O)OC)C(N)=O. The van der Waals surface area contributed by atoms with Gasteiger partial charge < -0.3 is 21.5 Å². The topological polar surface area (TPSA) is 107 Å². The number of primary amides is 1. The molecule has 0 aromatic rings. The van der Waals surface area contributed by atoms with Crippen LogP contribution in [-0.2, 0) is 14.3 Å². The van der Waals surface area contributed by atoms with Crippen LogP contribution in [0.3, 0.4) is 0 Å². The quantitative estimate of drug-likeness (QED) is 0.517. The van der Waals surface area contributed by atoms with Crippen molar-refractivity contribution in [2.45, 2.75) is 38.3 Å². The molecule has 0 aliphatic heterocycles. The minimum atomic E-state index is -1.04. The Morgan fingerprint density at radius 1 is 1.47 bits per heavy atom. The molecular formula is C11H23N3O3. The van der Waals surface area contributed by atoms with E-state index in [4.69, 9.17) is 11.5 Å². The smallest absolute Gasteiger partial charge is 0.325 e. The molecule has 0 saturated heterocycles. The number of hydrogen-bond donors (Lipinski definition) is 3. The highest BCUT2D eigenvalue weighted by atomic mass is 16.5. The molecule has 0 rings (SSSR count). The maximum Gasteiger partial charge on any atom is 0.325 e. The van der Waals surface area contributed by atoms with E-state index in [9.17, 15) is 9.59 Å². The van der Waals surface area contributed by atoms with Gasteiger partial charge >= 0.3 is 5.97 Å². The third-order valence-corrected chi connectivity index (χ3v) is 2.75. The van der Waals surface area contributed by atoms with Gasteiger partial charge in [0.05, 0.1) is 13.2 Å². The summed E-state index contributed by atoms with van der Waals surface area (Å²) < 4.78 is 4.62. The van der Waals surface area contributed by atoms with E-state index in [1.54, 1.807) is 14.0 Å². The molecule has 6 nitrogen and oxygen atoms in total. The molecule has 3 atom stereocenters. The molecule has 0 fully saturated rings. The number of rotatable bonds is 7. The molecule has 0 bridgehead atoms. The van der Waals surface area contributed by atoms with Gasteiger partial charge in [-0.05, 0) is 32.7 Å². The second-order valence-electron chi connectivity index (χ2n) is 4.70. The molecule has 6 heteroatoms. The summed E-state index contributed by atoms with van der Waals surface area (Å²) in [5.74, 6) is -0.783. The van der Waals surface area contributed by atoms with Crippen LogP contribution in [0.25, 0.3) is 0 Å². The van der Waals surface area contributed by atoms with E-state index in [0.717, 1.165) is 0 Å². The Balaban J connectivity index is 4.39. The number of carbonyl (C=O) groups is 2. The Hall–Kier alpha value is -1.14. The molecule has 0 aromatic heterocycles. The second-order valence-corrected chi connectivity index (χ2v) is 4.70. The number of nitrogens with one attached hydrogen (secondary N) is 1. The molecule has 5 N–H and O–H groups in total. The molecule has 0 spiro atoms. The van der Waals surface area contributed by atoms with Gasteiger partial charge in [-0.25, -0.2) is 0 Å². The molecule has 1 amide bonds. The highest BCUT2D eigenvalue weighted by Gasteiger charge is 2.32. The summed E-state index contributed by atoms with van der Waals surface area (Å²) in [6, 6.07) is -0.404. The zero-order chi connectivity index (χ0) is 13.6. The molecule has 3 unspecified atom stereocenters. The molecule has 100 valence electrons. The number of methoxy groups -OCH3 is 1. The highest BCUT2D eigenvalue weighted by molar-refractivity contribution is 5.80. The predicted octanol–water partition coefficient (Wildman–Crippen LogP) is -0.634. The second kappa shape index (κ2) is 6.56. The van der Waals surface area contributed by atoms with Crippen LogP contribution in [0.5, 0.6) is 0 Å². The monoisotopic (exact) mass is 245 g/mol. The van der Waals surface area contributed by atoms with Gasteiger partial charge in [-0.3, -0.25) is 9.59 Å². The number of nitrogens with two attached hydrogens (primary N) is 2. The van der Waals surface area contributed by atoms with Crippen molar-refractivity contribution in [2.75, 3.05) is 14.2 Å². The molecule has 0 radical (unpaired) electrons. The number of hydrogen-bond acceptors (Lipinski definition) is 5. The van der Waals surface area contributed by atoms with Crippen molar-refractivity contribution in [1.29, 1.82) is 0 Å². The van der Waals surface area contributed by atoms with Crippen molar-refractivity contribution < 1.29 is 14.3 Å². The minimum absolute atomic E-state index is 0.0778. The van der Waals surface area contributed by atoms with Gasteiger partial charge in [-0.2, -0.15) is 0 Å². The zero-order valence-corrected chi connectivity index (χ0v) is 10.9. The summed E-state index contributed by atoms with van der Waals surface area (Å²) >= 11 is 0. The molecule has 0 aliphatic rings. The summed E-state index contributed by atoms with van der Waals surface area (Å²) in [6.07, 6.45) is 0.973. The van der Waals surface area contributed by atoms with E-state index >= 15 is 0 Å². The fourth-order valence-corrected chi connectivity index (χ4v) is 1.90. The van der Waals surface area contributed by atoms with Crippen molar-refractivity contribution in [1.82, 2.24) is 5.32 Å². The summed E-state index contributed by atoms with van der Waals surface area (Å²) in [7, 11) is 2.97. The molecule has 0 aliphatic carbocycles. The average molecular weight is 245 g/mol. The third-order valence-electron chi connectivity index (χ3n) is 2.75. The Morgan fingerprint density at radius 3 is 2.35 bits per heavy atom. The lowest BCUT2D eigenvalue weighted by atomic mass is 9.87. The maximum absolute atomic E-state index is 11.4. The first-order chi connectivity index (χ1) is 7.74. The van der Waals surface area contributed by atoms with Crippen LogP contribution in [0, 0.1) is 5.92 Å². The Bertz CT molecular complexity index is 279. The number of amides is 1. The maximum atomic E-state index is 11.4. The van der Waals surface area contributed by atoms with Crippen LogP contribution in [0.15, 0.2) is 0 Å². The lowest BCUT2D eigenvalue weighted by Crippen LogP contribution is -2.48. The first-order valence-electron chi connectivity index (χ1n) is 5.58. The lowest BCUT2D eigenvalue weighted by molar-refractivity contribution is -0.147. The van der Waals surface area contributed by atoms with Crippen LogP contribution in [-0.4, -0.2) is 37.6 Å². The number of likely N-dealkylation sites (N-methyl/N-ethyl adjacent to an activating group) is 1. The molecule has 0 saturated carbocycles. The van der Waals surface area contributed by atoms with E-state index in [0.29, 0.717) is 12.8 Å². The van der Waals surface area contributed by atoms with Crippen LogP contribution >= 0.6 is 0 Å². The fourth-order valence-electron chi connectivity index (χ4n) is 1.90. The number of ether oxygens (including phenoxy) is 1. The normalized spacial score (nSPS) is 17.9. The first-order valence-corrected chi connectivity index (χ1v) is 5.58. The fraction of sp³-hybridized carbons (Fsp3) is 0.818. The molecule has 0 aromatic carbocycles. The summed E-state index contributed by atoms with van der Waals surface area (Å²) in [6.45, 7) is 3.54. The summed E-state index contributed by atoms with van der Waals surface area (Å²) in [5.41, 5.74) is 10.0. The zero-order valence-electron chi connectivity index (χ0n) is 10.9. The van der Waals surface area contributed by atoms with Gasteiger partial charge in [-0.15, -0.1) is 0 Å². The van der Waals surface area contributed by atoms with Crippen molar-refractivity contribution in [2.24, 2.45) is 17.4 Å². The van der Waals surface area contributed by atoms with Gasteiger partial charge in [-0.1, -0.05) is 6.92 Å². The van der Waals surface area contributed by atoms with Crippen LogP contribution in [0.4, 0.5) is 0 Å². The standard InChI is InChI=1S/C11H23N3O3/c1-7(5-8(14-3)9(12)15)6-11(2,13)10(16)17-4/h7-8,14H,5-6,13H2,1-4H3,(H2,12,15). The third kappa shape index (κ3) is 5.14. The Morgan fingerprint density at radius 2 is 2.00 bits per heavy atom. The predicted molar refractivity (Wildman–Crippen MR) is 65.0 cm³/mol. The van der Waals surface area contributed by atoms with Gasteiger partial charge in [0.1, 0.15) is 5.54 Å². The Labute approximate surface area is 102 Å². The summed E-state index contributed by atoms with van der Waals surface area (Å²) in [4.78, 5) is 22.5. The van der Waals surface area contributed by atoms with E-state index in [2.05, 4.69) is 10.1 Å². The highest BCUT2D eigenvalue weighted by Crippen LogP contribution is 2.19. The van der Waals surface area contributed by atoms with Gasteiger partial charge in [0.15, 0.2) is 0 Å². The minimum Gasteiger partial charge on any atom is -0.468 e. The van der Waals surface area contributed by atoms with E-state index < -0.39 is 23.5 Å². The van der Waals surface area contributed by atoms with Crippen LogP contribution in [0.1, 0.15) is 26.7 Å². The average Bonchev–Trinajstić information content (AvgIpc) is 2.23. The molecule has 17 heavy (non-hydrogen) atoms. The summed E-state index contributed by atoms with van der Waals surface area (Å²) in [5, 5.41) is 2.83. The van der Waals surface area contributed by atoms with Crippen molar-refractivity contribution in [3.05, 3.63) is 0 Å². The van der Waals surface area contributed by atoms with Crippen LogP contribution in [0.2, 0.25) is 0 Å². The number of carbonyl (C=O) groups excluding carboxylic acids is 2. The van der Waals surface area contributed by atoms with Gasteiger partial charge in [0.2, 0.25) is 5.91 Å². The van der Waals surface area contributed by atoms with Crippen molar-refractivity contribution in [3.63, 3.8) is 0 Å². The first kappa shape index (κ1) is 15.9. The van der Waals surface area contributed by atoms with E-state index in [1.807, 2.05) is 6.92 Å². The largest absolute Gasteiger partial charge is 0.468 e. The van der Waals surface area contributed by atoms with Crippen LogP contribution < -0.4 is 16.8 Å². The molecular weight excluding hydrogens is 222 g/mol. The van der Waals surface area contributed by atoms with E-state index in [-0.39, 0.29) is 5.92 Å². The van der Waals surface area contributed by atoms with Gasteiger partial charge in [0, 0.05) is 0 Å². The molecule has 0 heterocycles. The van der Waals surface area contributed by atoms with Gasteiger partial charge in [0.25, 0.3) is 0 Å². The van der Waals surface area contributed by atoms with Crippen molar-refractivity contribution in [3.8, 4) is 0 Å². The van der Waals surface area contributed by atoms with Crippen molar-refractivity contribution >= 4 is 11.9 Å². The number of esters is 1.